The minimum Gasteiger partial charge on any atom is -0.454 e. The standard InChI is InChI=1S/C26H22N2O4S/c1-17(25(29)27-15-18-12-13-21-22(14-18)31-16-30-21)33-26-28-23(19-8-4-2-5-9-19)24(32-26)20-10-6-3-7-11-20/h2-14,17H,15-16H2,1H3,(H,27,29). The normalized spacial score (nSPS) is 13.0. The van der Waals surface area contributed by atoms with Gasteiger partial charge in [-0.3, -0.25) is 4.79 Å². The van der Waals surface area contributed by atoms with Crippen molar-refractivity contribution in [2.45, 2.75) is 23.9 Å². The van der Waals surface area contributed by atoms with Crippen LogP contribution in [0.1, 0.15) is 12.5 Å². The molecule has 0 spiro atoms. The largest absolute Gasteiger partial charge is 0.454 e. The molecule has 1 aliphatic rings. The fourth-order valence-corrected chi connectivity index (χ4v) is 4.28. The van der Waals surface area contributed by atoms with Crippen LogP contribution < -0.4 is 14.8 Å². The minimum atomic E-state index is -0.384. The highest BCUT2D eigenvalue weighted by molar-refractivity contribution is 8.00. The van der Waals surface area contributed by atoms with Crippen LogP contribution in [0.15, 0.2) is 88.5 Å². The Hall–Kier alpha value is -3.71. The van der Waals surface area contributed by atoms with Gasteiger partial charge in [0.1, 0.15) is 5.69 Å². The van der Waals surface area contributed by atoms with E-state index in [1.807, 2.05) is 85.8 Å². The number of ether oxygens (including phenoxy) is 2. The van der Waals surface area contributed by atoms with Crippen LogP contribution in [-0.4, -0.2) is 22.9 Å². The van der Waals surface area contributed by atoms with Gasteiger partial charge in [-0.05, 0) is 24.6 Å². The van der Waals surface area contributed by atoms with Crippen LogP contribution >= 0.6 is 11.8 Å². The molecule has 0 aliphatic carbocycles. The monoisotopic (exact) mass is 458 g/mol. The van der Waals surface area contributed by atoms with Gasteiger partial charge < -0.3 is 19.2 Å². The Balaban J connectivity index is 1.30. The topological polar surface area (TPSA) is 73.6 Å². The molecule has 0 saturated carbocycles. The van der Waals surface area contributed by atoms with E-state index in [-0.39, 0.29) is 18.0 Å². The van der Waals surface area contributed by atoms with Crippen LogP contribution in [0, 0.1) is 0 Å². The molecular weight excluding hydrogens is 436 g/mol. The molecule has 166 valence electrons. The molecule has 7 heteroatoms. The van der Waals surface area contributed by atoms with E-state index in [0.717, 1.165) is 28.1 Å². The van der Waals surface area contributed by atoms with E-state index in [1.54, 1.807) is 0 Å². The van der Waals surface area contributed by atoms with Crippen LogP contribution in [0.25, 0.3) is 22.6 Å². The van der Waals surface area contributed by atoms with Crippen LogP contribution in [0.5, 0.6) is 11.5 Å². The van der Waals surface area contributed by atoms with Crippen molar-refractivity contribution in [3.63, 3.8) is 0 Å². The molecule has 1 aromatic heterocycles. The summed E-state index contributed by atoms with van der Waals surface area (Å²) in [5, 5.41) is 3.04. The first-order valence-electron chi connectivity index (χ1n) is 10.6. The van der Waals surface area contributed by atoms with Gasteiger partial charge in [0.25, 0.3) is 5.22 Å². The summed E-state index contributed by atoms with van der Waals surface area (Å²) in [6.45, 7) is 2.47. The van der Waals surface area contributed by atoms with Crippen molar-refractivity contribution in [3.05, 3.63) is 84.4 Å². The average molecular weight is 459 g/mol. The zero-order valence-corrected chi connectivity index (χ0v) is 18.8. The van der Waals surface area contributed by atoms with Crippen molar-refractivity contribution in [2.24, 2.45) is 0 Å². The summed E-state index contributed by atoms with van der Waals surface area (Å²) in [5.74, 6) is 2.02. The summed E-state index contributed by atoms with van der Waals surface area (Å²) in [4.78, 5) is 17.5. The first-order chi connectivity index (χ1) is 16.2. The summed E-state index contributed by atoms with van der Waals surface area (Å²) in [7, 11) is 0. The number of oxazole rings is 1. The number of hydrogen-bond acceptors (Lipinski definition) is 6. The first kappa shape index (κ1) is 21.2. The number of carbonyl (C=O) groups is 1. The van der Waals surface area contributed by atoms with Crippen LogP contribution in [0.4, 0.5) is 0 Å². The number of rotatable bonds is 7. The van der Waals surface area contributed by atoms with E-state index in [1.165, 1.54) is 11.8 Å². The lowest BCUT2D eigenvalue weighted by Gasteiger charge is -2.10. The lowest BCUT2D eigenvalue weighted by atomic mass is 10.1. The third-order valence-electron chi connectivity index (χ3n) is 5.24. The fraction of sp³-hybridized carbons (Fsp3) is 0.154. The van der Waals surface area contributed by atoms with Gasteiger partial charge in [0, 0.05) is 17.7 Å². The Morgan fingerprint density at radius 3 is 2.42 bits per heavy atom. The second kappa shape index (κ2) is 9.42. The average Bonchev–Trinajstić information content (AvgIpc) is 3.50. The molecule has 6 nitrogen and oxygen atoms in total. The summed E-state index contributed by atoms with van der Waals surface area (Å²) < 4.78 is 16.9. The highest BCUT2D eigenvalue weighted by Crippen LogP contribution is 2.37. The lowest BCUT2D eigenvalue weighted by molar-refractivity contribution is -0.120. The molecule has 2 heterocycles. The third-order valence-corrected chi connectivity index (χ3v) is 6.19. The molecule has 4 aromatic rings. The summed E-state index contributed by atoms with van der Waals surface area (Å²) in [5.41, 5.74) is 3.61. The molecule has 1 atom stereocenters. The Morgan fingerprint density at radius 1 is 0.970 bits per heavy atom. The Bertz CT molecular complexity index is 1200. The second-order valence-corrected chi connectivity index (χ2v) is 8.85. The second-order valence-electron chi connectivity index (χ2n) is 7.56. The third kappa shape index (κ3) is 4.73. The maximum Gasteiger partial charge on any atom is 0.257 e. The van der Waals surface area contributed by atoms with Crippen LogP contribution in [-0.2, 0) is 11.3 Å². The van der Waals surface area contributed by atoms with E-state index in [2.05, 4.69) is 5.32 Å². The SMILES string of the molecule is CC(Sc1nc(-c2ccccc2)c(-c2ccccc2)o1)C(=O)NCc1ccc2c(c1)OCO2. The van der Waals surface area contributed by atoms with E-state index in [4.69, 9.17) is 18.9 Å². The maximum absolute atomic E-state index is 12.7. The summed E-state index contributed by atoms with van der Waals surface area (Å²) >= 11 is 1.30. The molecule has 0 fully saturated rings. The van der Waals surface area contributed by atoms with Crippen molar-refractivity contribution in [3.8, 4) is 34.1 Å². The van der Waals surface area contributed by atoms with Gasteiger partial charge in [0.05, 0.1) is 5.25 Å². The van der Waals surface area contributed by atoms with Crippen molar-refractivity contribution in [1.29, 1.82) is 0 Å². The number of amides is 1. The number of carbonyl (C=O) groups excluding carboxylic acids is 1. The molecule has 0 radical (unpaired) electrons. The number of benzene rings is 3. The molecule has 1 N–H and O–H groups in total. The van der Waals surface area contributed by atoms with Crippen molar-refractivity contribution in [1.82, 2.24) is 10.3 Å². The number of aromatic nitrogens is 1. The lowest BCUT2D eigenvalue weighted by Crippen LogP contribution is -2.30. The number of nitrogens with zero attached hydrogens (tertiary/aromatic N) is 1. The molecule has 1 aliphatic heterocycles. The fourth-order valence-electron chi connectivity index (χ4n) is 3.52. The molecule has 3 aromatic carbocycles. The highest BCUT2D eigenvalue weighted by atomic mass is 32.2. The molecule has 1 unspecified atom stereocenters. The van der Waals surface area contributed by atoms with Gasteiger partial charge in [-0.25, -0.2) is 4.98 Å². The molecule has 0 saturated heterocycles. The number of nitrogens with one attached hydrogen (secondary N) is 1. The zero-order chi connectivity index (χ0) is 22.6. The smallest absolute Gasteiger partial charge is 0.257 e. The van der Waals surface area contributed by atoms with E-state index >= 15 is 0 Å². The number of fused-ring (bicyclic) bond motifs is 1. The van der Waals surface area contributed by atoms with Gasteiger partial charge in [0.2, 0.25) is 12.7 Å². The zero-order valence-electron chi connectivity index (χ0n) is 18.0. The maximum atomic E-state index is 12.7. The van der Waals surface area contributed by atoms with E-state index < -0.39 is 0 Å². The van der Waals surface area contributed by atoms with Gasteiger partial charge in [-0.2, -0.15) is 0 Å². The summed E-state index contributed by atoms with van der Waals surface area (Å²) in [6, 6.07) is 25.4. The van der Waals surface area contributed by atoms with Crippen molar-refractivity contribution in [2.75, 3.05) is 6.79 Å². The molecular formula is C26H22N2O4S. The van der Waals surface area contributed by atoms with Crippen LogP contribution in [0.3, 0.4) is 0 Å². The Labute approximate surface area is 195 Å². The number of thioether (sulfide) groups is 1. The predicted octanol–water partition coefficient (Wildman–Crippen LogP) is 5.53. The van der Waals surface area contributed by atoms with Gasteiger partial charge in [-0.1, -0.05) is 78.5 Å². The molecule has 33 heavy (non-hydrogen) atoms. The van der Waals surface area contributed by atoms with Crippen molar-refractivity contribution >= 4 is 17.7 Å². The first-order valence-corrected chi connectivity index (χ1v) is 11.5. The van der Waals surface area contributed by atoms with Gasteiger partial charge in [-0.15, -0.1) is 0 Å². The predicted molar refractivity (Wildman–Crippen MR) is 127 cm³/mol. The van der Waals surface area contributed by atoms with Gasteiger partial charge >= 0.3 is 0 Å². The van der Waals surface area contributed by atoms with E-state index in [9.17, 15) is 4.79 Å². The van der Waals surface area contributed by atoms with E-state index in [0.29, 0.717) is 23.3 Å². The molecule has 0 bridgehead atoms. The van der Waals surface area contributed by atoms with Gasteiger partial charge in [0.15, 0.2) is 17.3 Å². The number of hydrogen-bond donors (Lipinski definition) is 1. The quantitative estimate of drug-likeness (QED) is 0.367. The molecule has 5 rings (SSSR count). The highest BCUT2D eigenvalue weighted by Gasteiger charge is 2.22. The minimum absolute atomic E-state index is 0.0987. The Morgan fingerprint density at radius 2 is 1.67 bits per heavy atom. The van der Waals surface area contributed by atoms with Crippen molar-refractivity contribution < 1.29 is 18.7 Å². The Kier molecular flexibility index (Phi) is 6.04. The van der Waals surface area contributed by atoms with Crippen LogP contribution in [0.2, 0.25) is 0 Å². The molecule has 1 amide bonds. The summed E-state index contributed by atoms with van der Waals surface area (Å²) in [6.07, 6.45) is 0.